The van der Waals surface area contributed by atoms with E-state index in [9.17, 15) is 0 Å². The van der Waals surface area contributed by atoms with Crippen LogP contribution in [0.2, 0.25) is 0 Å². The number of hydrogen-bond donors (Lipinski definition) is 1. The number of aromatic nitrogens is 2. The van der Waals surface area contributed by atoms with Crippen molar-refractivity contribution in [2.75, 3.05) is 12.3 Å². The lowest BCUT2D eigenvalue weighted by atomic mass is 10.2. The highest BCUT2D eigenvalue weighted by molar-refractivity contribution is 5.41. The summed E-state index contributed by atoms with van der Waals surface area (Å²) in [4.78, 5) is 4.21. The number of hydrogen-bond acceptors (Lipinski definition) is 3. The molecule has 0 unspecified atom stereocenters. The number of nitrogens with two attached hydrogens (primary N) is 1. The van der Waals surface area contributed by atoms with Crippen LogP contribution in [0.15, 0.2) is 36.8 Å². The fourth-order valence-corrected chi connectivity index (χ4v) is 1.92. The van der Waals surface area contributed by atoms with E-state index in [1.54, 1.807) is 0 Å². The number of nitrogen functional groups attached to an aromatic ring is 1. The van der Waals surface area contributed by atoms with Gasteiger partial charge in [-0.05, 0) is 50.5 Å². The van der Waals surface area contributed by atoms with Gasteiger partial charge >= 0.3 is 0 Å². The molecule has 1 aromatic carbocycles. The Kier molecular flexibility index (Phi) is 4.84. The molecule has 0 atom stereocenters. The first-order chi connectivity index (χ1) is 9.24. The molecule has 102 valence electrons. The summed E-state index contributed by atoms with van der Waals surface area (Å²) in [5, 5.41) is 0. The molecule has 0 spiro atoms. The molecule has 19 heavy (non-hydrogen) atoms. The maximum Gasteiger partial charge on any atom is 0.119 e. The van der Waals surface area contributed by atoms with Crippen molar-refractivity contribution >= 4 is 5.69 Å². The van der Waals surface area contributed by atoms with Crippen molar-refractivity contribution in [1.82, 2.24) is 9.55 Å². The fraction of sp³-hybridized carbons (Fsp3) is 0.400. The van der Waals surface area contributed by atoms with E-state index in [2.05, 4.69) is 15.7 Å². The molecule has 4 nitrogen and oxygen atoms in total. The number of anilines is 1. The standard InChI is InChI=1S/C15H21N3O/c1-13-11-18(12-17-13)9-3-2-4-10-19-15-7-5-14(16)6-8-15/h5-8,11-12H,2-4,9-10,16H2,1H3. The van der Waals surface area contributed by atoms with Crippen molar-refractivity contribution in [1.29, 1.82) is 0 Å². The lowest BCUT2D eigenvalue weighted by molar-refractivity contribution is 0.304. The number of unbranched alkanes of at least 4 members (excludes halogenated alkanes) is 2. The largest absolute Gasteiger partial charge is 0.494 e. The molecule has 0 amide bonds. The molecule has 0 aliphatic rings. The van der Waals surface area contributed by atoms with Gasteiger partial charge < -0.3 is 15.0 Å². The van der Waals surface area contributed by atoms with Crippen molar-refractivity contribution in [3.63, 3.8) is 0 Å². The van der Waals surface area contributed by atoms with Gasteiger partial charge in [-0.3, -0.25) is 0 Å². The fourth-order valence-electron chi connectivity index (χ4n) is 1.92. The quantitative estimate of drug-likeness (QED) is 0.614. The third-order valence-corrected chi connectivity index (χ3v) is 2.97. The van der Waals surface area contributed by atoms with Crippen LogP contribution in [-0.4, -0.2) is 16.2 Å². The lowest BCUT2D eigenvalue weighted by Gasteiger charge is -2.06. The third kappa shape index (κ3) is 4.66. The van der Waals surface area contributed by atoms with E-state index in [1.807, 2.05) is 37.5 Å². The highest BCUT2D eigenvalue weighted by atomic mass is 16.5. The summed E-state index contributed by atoms with van der Waals surface area (Å²) in [6.07, 6.45) is 7.34. The van der Waals surface area contributed by atoms with Gasteiger partial charge in [0, 0.05) is 18.4 Å². The first-order valence-electron chi connectivity index (χ1n) is 6.71. The average molecular weight is 259 g/mol. The Morgan fingerprint density at radius 2 is 1.95 bits per heavy atom. The maximum atomic E-state index is 5.64. The van der Waals surface area contributed by atoms with Gasteiger partial charge in [-0.1, -0.05) is 0 Å². The van der Waals surface area contributed by atoms with Gasteiger partial charge in [0.2, 0.25) is 0 Å². The van der Waals surface area contributed by atoms with Gasteiger partial charge in [0.1, 0.15) is 5.75 Å². The van der Waals surface area contributed by atoms with Crippen molar-refractivity contribution in [3.8, 4) is 5.75 Å². The number of rotatable bonds is 7. The Morgan fingerprint density at radius 3 is 2.63 bits per heavy atom. The van der Waals surface area contributed by atoms with E-state index < -0.39 is 0 Å². The monoisotopic (exact) mass is 259 g/mol. The van der Waals surface area contributed by atoms with Crippen molar-refractivity contribution < 1.29 is 4.74 Å². The number of ether oxygens (including phenoxy) is 1. The van der Waals surface area contributed by atoms with Crippen molar-refractivity contribution in [3.05, 3.63) is 42.5 Å². The van der Waals surface area contributed by atoms with E-state index in [1.165, 1.54) is 0 Å². The number of imidazole rings is 1. The second-order valence-electron chi connectivity index (χ2n) is 4.73. The van der Waals surface area contributed by atoms with E-state index in [0.29, 0.717) is 0 Å². The van der Waals surface area contributed by atoms with Gasteiger partial charge in [0.05, 0.1) is 18.6 Å². The van der Waals surface area contributed by atoms with E-state index in [0.717, 1.165) is 49.5 Å². The topological polar surface area (TPSA) is 53.1 Å². The minimum atomic E-state index is 0.757. The van der Waals surface area contributed by atoms with Crippen LogP contribution in [0.1, 0.15) is 25.0 Å². The van der Waals surface area contributed by atoms with Crippen LogP contribution in [0.3, 0.4) is 0 Å². The van der Waals surface area contributed by atoms with Crippen LogP contribution >= 0.6 is 0 Å². The summed E-state index contributed by atoms with van der Waals surface area (Å²) >= 11 is 0. The first-order valence-corrected chi connectivity index (χ1v) is 6.71. The molecular weight excluding hydrogens is 238 g/mol. The molecule has 2 rings (SSSR count). The zero-order chi connectivity index (χ0) is 13.5. The molecule has 0 saturated heterocycles. The number of benzene rings is 1. The molecule has 0 bridgehead atoms. The normalized spacial score (nSPS) is 10.6. The van der Waals surface area contributed by atoms with Gasteiger partial charge in [0.15, 0.2) is 0 Å². The molecule has 4 heteroatoms. The summed E-state index contributed by atoms with van der Waals surface area (Å²) < 4.78 is 7.78. The Balaban J connectivity index is 1.56. The van der Waals surface area contributed by atoms with E-state index in [-0.39, 0.29) is 0 Å². The van der Waals surface area contributed by atoms with Crippen LogP contribution in [0.25, 0.3) is 0 Å². The minimum Gasteiger partial charge on any atom is -0.494 e. The predicted molar refractivity (Wildman–Crippen MR) is 77.2 cm³/mol. The molecule has 2 N–H and O–H groups in total. The molecule has 0 radical (unpaired) electrons. The number of aryl methyl sites for hydroxylation is 2. The Labute approximate surface area is 114 Å². The molecule has 0 aliphatic carbocycles. The van der Waals surface area contributed by atoms with Gasteiger partial charge in [-0.25, -0.2) is 4.98 Å². The maximum absolute atomic E-state index is 5.64. The van der Waals surface area contributed by atoms with Gasteiger partial charge in [-0.2, -0.15) is 0 Å². The van der Waals surface area contributed by atoms with Gasteiger partial charge in [-0.15, -0.1) is 0 Å². The molecule has 1 heterocycles. The Hall–Kier alpha value is -1.97. The van der Waals surface area contributed by atoms with Gasteiger partial charge in [0.25, 0.3) is 0 Å². The summed E-state index contributed by atoms with van der Waals surface area (Å²) in [5.74, 6) is 0.888. The Morgan fingerprint density at radius 1 is 1.16 bits per heavy atom. The van der Waals surface area contributed by atoms with Crippen molar-refractivity contribution in [2.45, 2.75) is 32.7 Å². The third-order valence-electron chi connectivity index (χ3n) is 2.97. The Bertz CT molecular complexity index is 490. The smallest absolute Gasteiger partial charge is 0.119 e. The van der Waals surface area contributed by atoms with Crippen LogP contribution in [0, 0.1) is 6.92 Å². The predicted octanol–water partition coefficient (Wildman–Crippen LogP) is 3.02. The number of nitrogens with zero attached hydrogens (tertiary/aromatic N) is 2. The molecule has 1 aromatic heterocycles. The molecular formula is C15H21N3O. The van der Waals surface area contributed by atoms with Crippen molar-refractivity contribution in [2.24, 2.45) is 0 Å². The zero-order valence-electron chi connectivity index (χ0n) is 11.4. The molecule has 0 aliphatic heterocycles. The van der Waals surface area contributed by atoms with E-state index >= 15 is 0 Å². The van der Waals surface area contributed by atoms with Crippen LogP contribution in [-0.2, 0) is 6.54 Å². The second-order valence-corrected chi connectivity index (χ2v) is 4.73. The SMILES string of the molecule is Cc1cn(CCCCCOc2ccc(N)cc2)cn1. The highest BCUT2D eigenvalue weighted by Crippen LogP contribution is 2.13. The first kappa shape index (κ1) is 13.5. The summed E-state index contributed by atoms with van der Waals surface area (Å²) in [6.45, 7) is 3.80. The molecule has 2 aromatic rings. The minimum absolute atomic E-state index is 0.757. The average Bonchev–Trinajstić information content (AvgIpc) is 2.81. The molecule has 0 saturated carbocycles. The lowest BCUT2D eigenvalue weighted by Crippen LogP contribution is -1.99. The summed E-state index contributed by atoms with van der Waals surface area (Å²) in [7, 11) is 0. The van der Waals surface area contributed by atoms with Crippen LogP contribution in [0.4, 0.5) is 5.69 Å². The van der Waals surface area contributed by atoms with Crippen LogP contribution in [0.5, 0.6) is 5.75 Å². The summed E-state index contributed by atoms with van der Waals surface area (Å²) in [5.41, 5.74) is 7.46. The molecule has 0 fully saturated rings. The zero-order valence-corrected chi connectivity index (χ0v) is 11.4. The summed E-state index contributed by atoms with van der Waals surface area (Å²) in [6, 6.07) is 7.53. The highest BCUT2D eigenvalue weighted by Gasteiger charge is 1.96. The van der Waals surface area contributed by atoms with E-state index in [4.69, 9.17) is 10.5 Å². The van der Waals surface area contributed by atoms with Crippen LogP contribution < -0.4 is 10.5 Å². The second kappa shape index (κ2) is 6.83.